The molecule has 2 aliphatic heterocycles. The molecule has 2 aromatic carbocycles. The molecular formula is C34H48F2N2O5. The Labute approximate surface area is 255 Å². The van der Waals surface area contributed by atoms with Crippen molar-refractivity contribution in [3.05, 3.63) is 47.5 Å². The zero-order chi connectivity index (χ0) is 31.1. The molecule has 2 aliphatic rings. The number of amides is 1. The third kappa shape index (κ3) is 6.48. The molecule has 43 heavy (non-hydrogen) atoms. The van der Waals surface area contributed by atoms with E-state index in [-0.39, 0.29) is 23.8 Å². The number of carbonyl (C=O) groups excluding carboxylic acids is 1. The minimum absolute atomic E-state index is 0.0676. The predicted octanol–water partition coefficient (Wildman–Crippen LogP) is 7.75. The topological polar surface area (TPSA) is 71.5 Å². The first-order valence-corrected chi connectivity index (χ1v) is 15.9. The fourth-order valence-electron chi connectivity index (χ4n) is 6.59. The lowest BCUT2D eigenvalue weighted by atomic mass is 9.64. The first-order valence-electron chi connectivity index (χ1n) is 15.9. The van der Waals surface area contributed by atoms with Crippen LogP contribution in [0.25, 0.3) is 0 Å². The normalized spacial score (nSPS) is 18.8. The second-order valence-corrected chi connectivity index (χ2v) is 11.7. The van der Waals surface area contributed by atoms with Crippen molar-refractivity contribution in [3.63, 3.8) is 0 Å². The molecule has 1 atom stereocenters. The van der Waals surface area contributed by atoms with Crippen LogP contribution in [0.2, 0.25) is 0 Å². The molecule has 0 unspecified atom stereocenters. The third-order valence-corrected chi connectivity index (χ3v) is 9.33. The zero-order valence-corrected chi connectivity index (χ0v) is 26.3. The molecule has 2 saturated heterocycles. The highest BCUT2D eigenvalue weighted by Gasteiger charge is 2.60. The second-order valence-electron chi connectivity index (χ2n) is 11.7. The van der Waals surface area contributed by atoms with Crippen molar-refractivity contribution in [3.8, 4) is 11.5 Å². The molecule has 0 radical (unpaired) electrons. The number of anilines is 2. The molecule has 238 valence electrons. The first kappa shape index (κ1) is 33.0. The van der Waals surface area contributed by atoms with Crippen LogP contribution in [0, 0.1) is 23.0 Å². The number of phenolic OH excluding ortho intramolecular Hbond substituents is 1. The number of ether oxygens (including phenoxy) is 3. The van der Waals surface area contributed by atoms with Gasteiger partial charge in [0.1, 0.15) is 11.6 Å². The maximum Gasteiger partial charge on any atom is 0.236 e. The van der Waals surface area contributed by atoms with Crippen LogP contribution in [0.5, 0.6) is 11.5 Å². The van der Waals surface area contributed by atoms with Crippen LogP contribution in [0.3, 0.4) is 0 Å². The van der Waals surface area contributed by atoms with Crippen molar-refractivity contribution in [2.45, 2.75) is 91.4 Å². The minimum atomic E-state index is -0.830. The van der Waals surface area contributed by atoms with E-state index in [1.54, 1.807) is 6.07 Å². The number of rotatable bonds is 15. The van der Waals surface area contributed by atoms with Crippen LogP contribution in [0.15, 0.2) is 30.3 Å². The number of hydrogen-bond donors (Lipinski definition) is 1. The van der Waals surface area contributed by atoms with E-state index in [2.05, 4.69) is 13.8 Å². The highest BCUT2D eigenvalue weighted by molar-refractivity contribution is 6.07. The van der Waals surface area contributed by atoms with Crippen LogP contribution in [-0.4, -0.2) is 50.7 Å². The van der Waals surface area contributed by atoms with Crippen molar-refractivity contribution in [2.24, 2.45) is 11.3 Å². The summed E-state index contributed by atoms with van der Waals surface area (Å²) in [7, 11) is 1.53. The standard InChI is InChI=1S/C34H48F2N2O5/c1-6-10-19-42-32(43-20-11-7-2)23-15-17-37(18-16-23)28-22-29(41-5)24(21-26(28)36)31-34(8-3,9-4)33(40)38(31)27-14-12-13-25(35)30(27)39/h12-14,21-23,31-32,39H,6-11,15-20H2,1-5H3/t31-/m0/s1. The predicted molar refractivity (Wildman–Crippen MR) is 165 cm³/mol. The molecule has 0 saturated carbocycles. The van der Waals surface area contributed by atoms with Gasteiger partial charge < -0.3 is 24.2 Å². The van der Waals surface area contributed by atoms with Gasteiger partial charge in [0.25, 0.3) is 0 Å². The van der Waals surface area contributed by atoms with E-state index in [0.717, 1.165) is 44.6 Å². The van der Waals surface area contributed by atoms with Crippen LogP contribution >= 0.6 is 0 Å². The number of para-hydroxylation sites is 1. The molecular weight excluding hydrogens is 554 g/mol. The molecule has 2 aromatic rings. The molecule has 0 bridgehead atoms. The molecule has 2 heterocycles. The molecule has 0 aromatic heterocycles. The van der Waals surface area contributed by atoms with Crippen molar-refractivity contribution in [1.29, 1.82) is 0 Å². The van der Waals surface area contributed by atoms with Crippen molar-refractivity contribution in [2.75, 3.05) is 43.2 Å². The van der Waals surface area contributed by atoms with Crippen molar-refractivity contribution in [1.82, 2.24) is 0 Å². The van der Waals surface area contributed by atoms with Gasteiger partial charge in [0, 0.05) is 43.9 Å². The molecule has 1 amide bonds. The summed E-state index contributed by atoms with van der Waals surface area (Å²) in [6.07, 6.45) is 6.47. The largest absolute Gasteiger partial charge is 0.503 e. The van der Waals surface area contributed by atoms with Crippen LogP contribution in [0.1, 0.15) is 90.7 Å². The van der Waals surface area contributed by atoms with Gasteiger partial charge in [-0.15, -0.1) is 0 Å². The fraction of sp³-hybridized carbons (Fsp3) is 0.618. The maximum absolute atomic E-state index is 16.0. The van der Waals surface area contributed by atoms with Crippen LogP contribution in [-0.2, 0) is 14.3 Å². The molecule has 7 nitrogen and oxygen atoms in total. The Morgan fingerprint density at radius 1 is 0.953 bits per heavy atom. The van der Waals surface area contributed by atoms with Crippen molar-refractivity contribution >= 4 is 17.3 Å². The summed E-state index contributed by atoms with van der Waals surface area (Å²) in [5, 5.41) is 10.5. The quantitative estimate of drug-likeness (QED) is 0.128. The summed E-state index contributed by atoms with van der Waals surface area (Å²) in [5.74, 6) is -1.37. The van der Waals surface area contributed by atoms with Crippen LogP contribution < -0.4 is 14.5 Å². The third-order valence-electron chi connectivity index (χ3n) is 9.33. The Bertz CT molecular complexity index is 1220. The van der Waals surface area contributed by atoms with E-state index >= 15 is 4.39 Å². The van der Waals surface area contributed by atoms with E-state index in [9.17, 15) is 14.3 Å². The number of β-lactam (4-membered cyclic amide) rings is 1. The highest BCUT2D eigenvalue weighted by Crippen LogP contribution is 2.59. The lowest BCUT2D eigenvalue weighted by Gasteiger charge is -2.56. The van der Waals surface area contributed by atoms with E-state index in [0.29, 0.717) is 56.1 Å². The fourth-order valence-corrected chi connectivity index (χ4v) is 6.59. The number of hydrogen-bond acceptors (Lipinski definition) is 6. The minimum Gasteiger partial charge on any atom is -0.503 e. The van der Waals surface area contributed by atoms with Gasteiger partial charge in [0.05, 0.1) is 29.9 Å². The Morgan fingerprint density at radius 2 is 1.58 bits per heavy atom. The lowest BCUT2D eigenvalue weighted by Crippen LogP contribution is -2.63. The number of unbranched alkanes of at least 4 members (excludes halogenated alkanes) is 2. The summed E-state index contributed by atoms with van der Waals surface area (Å²) < 4.78 is 48.4. The smallest absolute Gasteiger partial charge is 0.236 e. The molecule has 1 N–H and O–H groups in total. The van der Waals surface area contributed by atoms with E-state index < -0.39 is 28.8 Å². The monoisotopic (exact) mass is 602 g/mol. The summed E-state index contributed by atoms with van der Waals surface area (Å²) in [6.45, 7) is 10.8. The Kier molecular flexibility index (Phi) is 11.3. The van der Waals surface area contributed by atoms with E-state index in [1.165, 1.54) is 30.2 Å². The Morgan fingerprint density at radius 3 is 2.14 bits per heavy atom. The maximum atomic E-state index is 16.0. The van der Waals surface area contributed by atoms with E-state index in [4.69, 9.17) is 14.2 Å². The van der Waals surface area contributed by atoms with Gasteiger partial charge in [-0.25, -0.2) is 8.78 Å². The number of carbonyl (C=O) groups is 1. The summed E-state index contributed by atoms with van der Waals surface area (Å²) in [6, 6.07) is 6.62. The molecule has 0 spiro atoms. The highest BCUT2D eigenvalue weighted by atomic mass is 19.1. The average Bonchev–Trinajstić information content (AvgIpc) is 3.02. The van der Waals surface area contributed by atoms with Gasteiger partial charge in [-0.05, 0) is 56.7 Å². The van der Waals surface area contributed by atoms with Gasteiger partial charge >= 0.3 is 0 Å². The van der Waals surface area contributed by atoms with Gasteiger partial charge in [0.15, 0.2) is 17.9 Å². The van der Waals surface area contributed by atoms with Crippen molar-refractivity contribution < 1.29 is 32.9 Å². The summed E-state index contributed by atoms with van der Waals surface area (Å²) in [5.41, 5.74) is 0.180. The van der Waals surface area contributed by atoms with Gasteiger partial charge in [0.2, 0.25) is 5.91 Å². The summed E-state index contributed by atoms with van der Waals surface area (Å²) >= 11 is 0. The number of nitrogens with zero attached hydrogens (tertiary/aromatic N) is 2. The number of methoxy groups -OCH3 is 1. The average molecular weight is 603 g/mol. The molecule has 2 fully saturated rings. The molecule has 4 rings (SSSR count). The number of benzene rings is 2. The Balaban J connectivity index is 1.59. The number of piperidine rings is 1. The lowest BCUT2D eigenvalue weighted by molar-refractivity contribution is -0.177. The number of phenols is 1. The number of aromatic hydroxyl groups is 1. The molecule has 9 heteroatoms. The van der Waals surface area contributed by atoms with Crippen LogP contribution in [0.4, 0.5) is 20.2 Å². The van der Waals surface area contributed by atoms with Gasteiger partial charge in [-0.3, -0.25) is 9.69 Å². The molecule has 0 aliphatic carbocycles. The number of halogens is 2. The second kappa shape index (κ2) is 14.7. The first-order chi connectivity index (χ1) is 20.8. The zero-order valence-electron chi connectivity index (χ0n) is 26.3. The van der Waals surface area contributed by atoms with Gasteiger partial charge in [-0.2, -0.15) is 0 Å². The Hall–Kier alpha value is -2.91. The van der Waals surface area contributed by atoms with Gasteiger partial charge in [-0.1, -0.05) is 46.6 Å². The summed E-state index contributed by atoms with van der Waals surface area (Å²) in [4.78, 5) is 17.0. The van der Waals surface area contributed by atoms with E-state index in [1.807, 2.05) is 18.7 Å². The SMILES string of the molecule is CCCCOC(OCCCC)C1CCN(c2cc(OC)c([C@@H]3N(c4cccc(F)c4O)C(=O)C3(CC)CC)cc2F)CC1.